The minimum Gasteiger partial charge on any atom is -0.381 e. The summed E-state index contributed by atoms with van der Waals surface area (Å²) in [7, 11) is 0. The summed E-state index contributed by atoms with van der Waals surface area (Å²) in [6.45, 7) is 3.02. The van der Waals surface area contributed by atoms with Crippen molar-refractivity contribution in [1.82, 2.24) is 14.8 Å². The fourth-order valence-electron chi connectivity index (χ4n) is 2.39. The van der Waals surface area contributed by atoms with Crippen LogP contribution < -0.4 is 5.32 Å². The molecule has 1 saturated heterocycles. The molecule has 1 fully saturated rings. The molecule has 2 aromatic rings. The van der Waals surface area contributed by atoms with Crippen LogP contribution in [0.3, 0.4) is 0 Å². The number of anilines is 1. The van der Waals surface area contributed by atoms with Gasteiger partial charge in [-0.3, -0.25) is 14.5 Å². The average Bonchev–Trinajstić information content (AvgIpc) is 3.09. The number of aryl methyl sites for hydroxylation is 1. The molecule has 0 radical (unpaired) electrons. The number of carbonyl (C=O) groups is 1. The van der Waals surface area contributed by atoms with Gasteiger partial charge >= 0.3 is 0 Å². The van der Waals surface area contributed by atoms with Gasteiger partial charge in [-0.15, -0.1) is 0 Å². The van der Waals surface area contributed by atoms with E-state index in [0.29, 0.717) is 18.0 Å². The number of amides is 1. The van der Waals surface area contributed by atoms with Gasteiger partial charge in [0.2, 0.25) is 5.91 Å². The van der Waals surface area contributed by atoms with Gasteiger partial charge in [0.05, 0.1) is 18.2 Å². The second-order valence-corrected chi connectivity index (χ2v) is 5.40. The molecule has 1 aromatic heterocycles. The molecule has 0 bridgehead atoms. The zero-order valence-electron chi connectivity index (χ0n) is 11.6. The molecule has 1 atom stereocenters. The van der Waals surface area contributed by atoms with Gasteiger partial charge in [0.1, 0.15) is 5.82 Å². The van der Waals surface area contributed by atoms with E-state index in [1.165, 1.54) is 0 Å². The highest BCUT2D eigenvalue weighted by molar-refractivity contribution is 7.71. The van der Waals surface area contributed by atoms with Gasteiger partial charge in [-0.2, -0.15) is 5.10 Å². The third-order valence-corrected chi connectivity index (χ3v) is 3.79. The number of aromatic amines is 1. The summed E-state index contributed by atoms with van der Waals surface area (Å²) in [5.41, 5.74) is 1.61. The van der Waals surface area contributed by atoms with Gasteiger partial charge in [0, 0.05) is 12.3 Å². The Labute approximate surface area is 127 Å². The molecular formula is C14H16N4O2S. The lowest BCUT2D eigenvalue weighted by molar-refractivity contribution is -0.119. The van der Waals surface area contributed by atoms with Crippen molar-refractivity contribution in [3.8, 4) is 5.69 Å². The minimum atomic E-state index is -0.0634. The van der Waals surface area contributed by atoms with Crippen LogP contribution in [0, 0.1) is 17.6 Å². The molecule has 2 N–H and O–H groups in total. The highest BCUT2D eigenvalue weighted by Gasteiger charge is 2.23. The van der Waals surface area contributed by atoms with Crippen LogP contribution in [0.4, 0.5) is 5.69 Å². The maximum absolute atomic E-state index is 12.1. The molecule has 6 nitrogen and oxygen atoms in total. The summed E-state index contributed by atoms with van der Waals surface area (Å²) < 4.78 is 7.59. The molecule has 0 spiro atoms. The fourth-order valence-corrected chi connectivity index (χ4v) is 2.67. The van der Waals surface area contributed by atoms with E-state index >= 15 is 0 Å². The molecule has 0 saturated carbocycles. The van der Waals surface area contributed by atoms with Gasteiger partial charge < -0.3 is 10.1 Å². The molecule has 2 heterocycles. The summed E-state index contributed by atoms with van der Waals surface area (Å²) in [5, 5.41) is 9.77. The number of aromatic nitrogens is 3. The van der Waals surface area contributed by atoms with Gasteiger partial charge in [-0.05, 0) is 43.8 Å². The van der Waals surface area contributed by atoms with Crippen molar-refractivity contribution >= 4 is 23.8 Å². The Morgan fingerprint density at radius 2 is 2.43 bits per heavy atom. The first-order valence-corrected chi connectivity index (χ1v) is 7.19. The van der Waals surface area contributed by atoms with E-state index in [2.05, 4.69) is 15.5 Å². The molecule has 0 unspecified atom stereocenters. The first-order valence-electron chi connectivity index (χ1n) is 6.78. The molecule has 1 amide bonds. The Morgan fingerprint density at radius 1 is 1.57 bits per heavy atom. The Morgan fingerprint density at radius 3 is 3.10 bits per heavy atom. The molecule has 7 heteroatoms. The van der Waals surface area contributed by atoms with E-state index in [1.54, 1.807) is 0 Å². The van der Waals surface area contributed by atoms with Gasteiger partial charge in [-0.1, -0.05) is 6.07 Å². The number of carbonyl (C=O) groups excluding carboxylic acids is 1. The Bertz CT molecular complexity index is 716. The SMILES string of the molecule is Cc1n[nH]c(=S)n1-c1cccc(NC(=O)[C@@H]2CCOC2)c1. The van der Waals surface area contributed by atoms with Crippen LogP contribution in [0.5, 0.6) is 0 Å². The van der Waals surface area contributed by atoms with Crippen LogP contribution in [0.1, 0.15) is 12.2 Å². The second kappa shape index (κ2) is 5.79. The van der Waals surface area contributed by atoms with Crippen molar-refractivity contribution in [3.63, 3.8) is 0 Å². The fraction of sp³-hybridized carbons (Fsp3) is 0.357. The van der Waals surface area contributed by atoms with Crippen LogP contribution in [-0.2, 0) is 9.53 Å². The topological polar surface area (TPSA) is 71.9 Å². The smallest absolute Gasteiger partial charge is 0.229 e. The van der Waals surface area contributed by atoms with Gasteiger partial charge in [0.15, 0.2) is 4.77 Å². The molecule has 1 aliphatic rings. The van der Waals surface area contributed by atoms with Crippen molar-refractivity contribution in [2.75, 3.05) is 18.5 Å². The number of benzene rings is 1. The van der Waals surface area contributed by atoms with Gasteiger partial charge in [-0.25, -0.2) is 0 Å². The van der Waals surface area contributed by atoms with E-state index in [4.69, 9.17) is 17.0 Å². The highest BCUT2D eigenvalue weighted by Crippen LogP contribution is 2.19. The lowest BCUT2D eigenvalue weighted by atomic mass is 10.1. The normalized spacial score (nSPS) is 17.9. The molecule has 1 aromatic carbocycles. The predicted octanol–water partition coefficient (Wildman–Crippen LogP) is 2.21. The Balaban J connectivity index is 1.83. The summed E-state index contributed by atoms with van der Waals surface area (Å²) in [5.74, 6) is 0.705. The number of hydrogen-bond donors (Lipinski definition) is 2. The maximum atomic E-state index is 12.1. The van der Waals surface area contributed by atoms with Crippen molar-refractivity contribution in [2.24, 2.45) is 5.92 Å². The van der Waals surface area contributed by atoms with E-state index in [9.17, 15) is 4.79 Å². The summed E-state index contributed by atoms with van der Waals surface area (Å²) in [4.78, 5) is 12.1. The third-order valence-electron chi connectivity index (χ3n) is 3.51. The summed E-state index contributed by atoms with van der Waals surface area (Å²) in [6.07, 6.45) is 0.775. The summed E-state index contributed by atoms with van der Waals surface area (Å²) >= 11 is 5.21. The maximum Gasteiger partial charge on any atom is 0.229 e. The van der Waals surface area contributed by atoms with Crippen LogP contribution in [0.2, 0.25) is 0 Å². The van der Waals surface area contributed by atoms with E-state index in [1.807, 2.05) is 35.8 Å². The molecule has 3 rings (SSSR count). The molecule has 1 aliphatic heterocycles. The highest BCUT2D eigenvalue weighted by atomic mass is 32.1. The first kappa shape index (κ1) is 14.0. The minimum absolute atomic E-state index is 0.00263. The largest absolute Gasteiger partial charge is 0.381 e. The average molecular weight is 304 g/mol. The number of hydrogen-bond acceptors (Lipinski definition) is 4. The number of rotatable bonds is 3. The number of nitrogens with one attached hydrogen (secondary N) is 2. The van der Waals surface area contributed by atoms with Crippen molar-refractivity contribution < 1.29 is 9.53 Å². The van der Waals surface area contributed by atoms with Crippen LogP contribution in [-0.4, -0.2) is 33.9 Å². The van der Waals surface area contributed by atoms with Crippen LogP contribution in [0.15, 0.2) is 24.3 Å². The van der Waals surface area contributed by atoms with E-state index < -0.39 is 0 Å². The van der Waals surface area contributed by atoms with Crippen molar-refractivity contribution in [2.45, 2.75) is 13.3 Å². The van der Waals surface area contributed by atoms with Gasteiger partial charge in [0.25, 0.3) is 0 Å². The Kier molecular flexibility index (Phi) is 3.85. The van der Waals surface area contributed by atoms with Crippen molar-refractivity contribution in [1.29, 1.82) is 0 Å². The summed E-state index contributed by atoms with van der Waals surface area (Å²) in [6, 6.07) is 7.54. The predicted molar refractivity (Wildman–Crippen MR) is 81.0 cm³/mol. The zero-order valence-corrected chi connectivity index (χ0v) is 12.4. The first-order chi connectivity index (χ1) is 10.1. The zero-order chi connectivity index (χ0) is 14.8. The standard InChI is InChI=1S/C14H16N4O2S/c1-9-16-17-14(21)18(9)12-4-2-3-11(7-12)15-13(19)10-5-6-20-8-10/h2-4,7,10H,5-6,8H2,1H3,(H,15,19)(H,17,21)/t10-/m1/s1. The number of ether oxygens (including phenoxy) is 1. The van der Waals surface area contributed by atoms with E-state index in [0.717, 1.165) is 23.6 Å². The molecular weight excluding hydrogens is 288 g/mol. The molecule has 21 heavy (non-hydrogen) atoms. The monoisotopic (exact) mass is 304 g/mol. The second-order valence-electron chi connectivity index (χ2n) is 5.01. The lowest BCUT2D eigenvalue weighted by Gasteiger charge is -2.11. The lowest BCUT2D eigenvalue weighted by Crippen LogP contribution is -2.22. The number of H-pyrrole nitrogens is 1. The molecule has 110 valence electrons. The van der Waals surface area contributed by atoms with Crippen LogP contribution in [0.25, 0.3) is 5.69 Å². The quantitative estimate of drug-likeness (QED) is 0.853. The Hall–Kier alpha value is -1.99. The van der Waals surface area contributed by atoms with E-state index in [-0.39, 0.29) is 11.8 Å². The third kappa shape index (κ3) is 2.88. The van der Waals surface area contributed by atoms with Crippen molar-refractivity contribution in [3.05, 3.63) is 34.9 Å². The van der Waals surface area contributed by atoms with Crippen LogP contribution >= 0.6 is 12.2 Å². The molecule has 0 aliphatic carbocycles. The number of nitrogens with zero attached hydrogens (tertiary/aromatic N) is 2.